The fraction of sp³-hybridized carbons (Fsp3) is 0.533. The molecular formula is C15H18ClNO2. The second-order valence-corrected chi connectivity index (χ2v) is 6.17. The van der Waals surface area contributed by atoms with E-state index in [2.05, 4.69) is 4.90 Å². The van der Waals surface area contributed by atoms with Crippen LogP contribution in [0.15, 0.2) is 18.2 Å². The van der Waals surface area contributed by atoms with Crippen molar-refractivity contribution in [2.24, 2.45) is 11.8 Å². The minimum atomic E-state index is -0.965. The van der Waals surface area contributed by atoms with E-state index in [9.17, 15) is 4.79 Å². The Labute approximate surface area is 118 Å². The Morgan fingerprint density at radius 3 is 2.21 bits per heavy atom. The van der Waals surface area contributed by atoms with Gasteiger partial charge in [-0.25, -0.2) is 4.79 Å². The van der Waals surface area contributed by atoms with E-state index in [-0.39, 0.29) is 5.56 Å². The molecule has 102 valence electrons. The van der Waals surface area contributed by atoms with Gasteiger partial charge in [-0.05, 0) is 55.7 Å². The third-order valence-electron chi connectivity index (χ3n) is 3.90. The number of nitrogens with zero attached hydrogens (tertiary/aromatic N) is 1. The second-order valence-electron chi connectivity index (χ2n) is 5.76. The standard InChI is InChI=1S/C15H18ClNO2/c16-14-7-12(5-6-13(14)15(18)19)17(8-10-1-2-10)9-11-3-4-11/h5-7,10-11H,1-4,8-9H2,(H,18,19). The van der Waals surface area contributed by atoms with E-state index >= 15 is 0 Å². The minimum absolute atomic E-state index is 0.184. The maximum atomic E-state index is 11.0. The lowest BCUT2D eigenvalue weighted by Crippen LogP contribution is -2.28. The van der Waals surface area contributed by atoms with Crippen LogP contribution in [-0.2, 0) is 0 Å². The Kier molecular flexibility index (Phi) is 3.40. The van der Waals surface area contributed by atoms with Gasteiger partial charge in [0, 0.05) is 18.8 Å². The normalized spacial score (nSPS) is 18.4. The van der Waals surface area contributed by atoms with Gasteiger partial charge in [0.2, 0.25) is 0 Å². The van der Waals surface area contributed by atoms with E-state index in [4.69, 9.17) is 16.7 Å². The molecule has 4 heteroatoms. The molecule has 0 heterocycles. The number of anilines is 1. The third-order valence-corrected chi connectivity index (χ3v) is 4.21. The summed E-state index contributed by atoms with van der Waals surface area (Å²) >= 11 is 6.07. The first-order valence-corrected chi connectivity index (χ1v) is 7.29. The van der Waals surface area contributed by atoms with Gasteiger partial charge >= 0.3 is 5.97 Å². The van der Waals surface area contributed by atoms with E-state index in [0.29, 0.717) is 5.02 Å². The zero-order valence-electron chi connectivity index (χ0n) is 10.8. The highest BCUT2D eigenvalue weighted by Crippen LogP contribution is 2.36. The SMILES string of the molecule is O=C(O)c1ccc(N(CC2CC2)CC2CC2)cc1Cl. The number of aromatic carboxylic acids is 1. The first-order valence-electron chi connectivity index (χ1n) is 6.91. The summed E-state index contributed by atoms with van der Waals surface area (Å²) in [7, 11) is 0. The van der Waals surface area contributed by atoms with Crippen molar-refractivity contribution in [3.05, 3.63) is 28.8 Å². The predicted octanol–water partition coefficient (Wildman–Crippen LogP) is 3.66. The van der Waals surface area contributed by atoms with E-state index in [1.807, 2.05) is 6.07 Å². The van der Waals surface area contributed by atoms with Gasteiger partial charge in [-0.15, -0.1) is 0 Å². The zero-order valence-corrected chi connectivity index (χ0v) is 11.6. The molecule has 3 rings (SSSR count). The van der Waals surface area contributed by atoms with Crippen molar-refractivity contribution in [2.75, 3.05) is 18.0 Å². The topological polar surface area (TPSA) is 40.5 Å². The van der Waals surface area contributed by atoms with Gasteiger partial charge in [-0.3, -0.25) is 0 Å². The lowest BCUT2D eigenvalue weighted by atomic mass is 10.1. The van der Waals surface area contributed by atoms with Gasteiger partial charge in [-0.1, -0.05) is 11.6 Å². The van der Waals surface area contributed by atoms with Gasteiger partial charge < -0.3 is 10.0 Å². The number of halogens is 1. The Morgan fingerprint density at radius 2 is 1.79 bits per heavy atom. The summed E-state index contributed by atoms with van der Waals surface area (Å²) in [5.74, 6) is 0.667. The summed E-state index contributed by atoms with van der Waals surface area (Å²) in [6.07, 6.45) is 5.29. The highest BCUT2D eigenvalue weighted by molar-refractivity contribution is 6.33. The van der Waals surface area contributed by atoms with Crippen molar-refractivity contribution in [3.63, 3.8) is 0 Å². The molecule has 1 N–H and O–H groups in total. The lowest BCUT2D eigenvalue weighted by molar-refractivity contribution is 0.0697. The number of hydrogen-bond donors (Lipinski definition) is 1. The molecule has 19 heavy (non-hydrogen) atoms. The lowest BCUT2D eigenvalue weighted by Gasteiger charge is -2.25. The van der Waals surface area contributed by atoms with Crippen molar-refractivity contribution in [1.82, 2.24) is 0 Å². The number of carbonyl (C=O) groups is 1. The van der Waals surface area contributed by atoms with Crippen LogP contribution in [0.25, 0.3) is 0 Å². The third kappa shape index (κ3) is 3.21. The maximum absolute atomic E-state index is 11.0. The molecular weight excluding hydrogens is 262 g/mol. The summed E-state index contributed by atoms with van der Waals surface area (Å²) in [6, 6.07) is 5.31. The number of rotatable bonds is 6. The molecule has 0 aromatic heterocycles. The van der Waals surface area contributed by atoms with Crippen molar-refractivity contribution >= 4 is 23.3 Å². The van der Waals surface area contributed by atoms with Crippen LogP contribution >= 0.6 is 11.6 Å². The minimum Gasteiger partial charge on any atom is -0.478 e. The van der Waals surface area contributed by atoms with E-state index in [1.165, 1.54) is 25.7 Å². The van der Waals surface area contributed by atoms with E-state index < -0.39 is 5.97 Å². The average molecular weight is 280 g/mol. The average Bonchev–Trinajstić information content (AvgIpc) is 3.22. The second kappa shape index (κ2) is 5.04. The summed E-state index contributed by atoms with van der Waals surface area (Å²) in [5, 5.41) is 9.34. The Hall–Kier alpha value is -1.22. The summed E-state index contributed by atoms with van der Waals surface area (Å²) < 4.78 is 0. The van der Waals surface area contributed by atoms with Crippen molar-refractivity contribution in [1.29, 1.82) is 0 Å². The van der Waals surface area contributed by atoms with Gasteiger partial charge in [0.1, 0.15) is 0 Å². The molecule has 1 aromatic carbocycles. The predicted molar refractivity (Wildman–Crippen MR) is 76.1 cm³/mol. The smallest absolute Gasteiger partial charge is 0.337 e. The van der Waals surface area contributed by atoms with Crippen LogP contribution < -0.4 is 4.90 Å². The quantitative estimate of drug-likeness (QED) is 0.864. The maximum Gasteiger partial charge on any atom is 0.337 e. The van der Waals surface area contributed by atoms with E-state index in [1.54, 1.807) is 12.1 Å². The van der Waals surface area contributed by atoms with Crippen molar-refractivity contribution < 1.29 is 9.90 Å². The highest BCUT2D eigenvalue weighted by atomic mass is 35.5. The fourth-order valence-electron chi connectivity index (χ4n) is 2.38. The molecule has 2 saturated carbocycles. The van der Waals surface area contributed by atoms with Gasteiger partial charge in [0.25, 0.3) is 0 Å². The number of carboxylic acids is 1. The molecule has 0 atom stereocenters. The van der Waals surface area contributed by atoms with Crippen LogP contribution in [0.1, 0.15) is 36.0 Å². The monoisotopic (exact) mass is 279 g/mol. The molecule has 0 spiro atoms. The first kappa shape index (κ1) is 12.8. The van der Waals surface area contributed by atoms with Crippen LogP contribution in [0.5, 0.6) is 0 Å². The number of benzene rings is 1. The van der Waals surface area contributed by atoms with Gasteiger partial charge in [0.15, 0.2) is 0 Å². The van der Waals surface area contributed by atoms with Crippen LogP contribution in [0.3, 0.4) is 0 Å². The largest absolute Gasteiger partial charge is 0.478 e. The molecule has 0 radical (unpaired) electrons. The van der Waals surface area contributed by atoms with Gasteiger partial charge in [-0.2, -0.15) is 0 Å². The summed E-state index contributed by atoms with van der Waals surface area (Å²) in [4.78, 5) is 13.4. The molecule has 0 saturated heterocycles. The molecule has 1 aromatic rings. The summed E-state index contributed by atoms with van der Waals surface area (Å²) in [5.41, 5.74) is 1.25. The van der Waals surface area contributed by atoms with Crippen LogP contribution in [-0.4, -0.2) is 24.2 Å². The van der Waals surface area contributed by atoms with E-state index in [0.717, 1.165) is 30.6 Å². The van der Waals surface area contributed by atoms with Crippen LogP contribution in [0.2, 0.25) is 5.02 Å². The fourth-order valence-corrected chi connectivity index (χ4v) is 2.64. The molecule has 0 aliphatic heterocycles. The van der Waals surface area contributed by atoms with Gasteiger partial charge in [0.05, 0.1) is 10.6 Å². The molecule has 0 amide bonds. The molecule has 2 aliphatic rings. The number of hydrogen-bond acceptors (Lipinski definition) is 2. The first-order chi connectivity index (χ1) is 9.13. The Bertz CT molecular complexity index is 481. The molecule has 0 unspecified atom stereocenters. The summed E-state index contributed by atoms with van der Waals surface area (Å²) in [6.45, 7) is 2.17. The Balaban J connectivity index is 1.79. The van der Waals surface area contributed by atoms with Crippen molar-refractivity contribution in [3.8, 4) is 0 Å². The highest BCUT2D eigenvalue weighted by Gasteiger charge is 2.29. The molecule has 2 fully saturated rings. The van der Waals surface area contributed by atoms with Crippen molar-refractivity contribution in [2.45, 2.75) is 25.7 Å². The van der Waals surface area contributed by atoms with Crippen LogP contribution in [0.4, 0.5) is 5.69 Å². The van der Waals surface area contributed by atoms with Crippen LogP contribution in [0, 0.1) is 11.8 Å². The molecule has 0 bridgehead atoms. The Morgan fingerprint density at radius 1 is 1.21 bits per heavy atom. The zero-order chi connectivity index (χ0) is 13.4. The molecule has 2 aliphatic carbocycles. The molecule has 3 nitrogen and oxygen atoms in total. The number of carboxylic acid groups (broad SMARTS) is 1.